The summed E-state index contributed by atoms with van der Waals surface area (Å²) in [5.74, 6) is 0.125. The van der Waals surface area contributed by atoms with Gasteiger partial charge in [-0.1, -0.05) is 90.1 Å². The summed E-state index contributed by atoms with van der Waals surface area (Å²) in [7, 11) is 0. The summed E-state index contributed by atoms with van der Waals surface area (Å²) in [6.45, 7) is 13.4. The number of rotatable bonds is 1. The summed E-state index contributed by atoms with van der Waals surface area (Å²) in [4.78, 5) is 0. The molecule has 0 saturated carbocycles. The molecule has 4 rings (SSSR count). The number of benzene rings is 2. The highest BCUT2D eigenvalue weighted by Crippen LogP contribution is 2.54. The molecule has 0 radical (unpaired) electrons. The number of aliphatic hydroxyl groups is 2. The van der Waals surface area contributed by atoms with Crippen molar-refractivity contribution in [3.63, 3.8) is 0 Å². The van der Waals surface area contributed by atoms with E-state index >= 15 is 0 Å². The Balaban J connectivity index is 1.90. The standard InChI is InChI=1S/C28H38O2/c1-27(2,3)21-15-17-11-7-9-13-19(17)23(25(21)29)24-20-14-10-8-12-18(20)16-22(26(24)30)28(4,5)6/h7-14,21-26,29-30H,15-16H2,1-6H3. The van der Waals surface area contributed by atoms with Crippen molar-refractivity contribution in [2.75, 3.05) is 0 Å². The molecule has 162 valence electrons. The van der Waals surface area contributed by atoms with Crippen LogP contribution in [-0.4, -0.2) is 22.4 Å². The summed E-state index contributed by atoms with van der Waals surface area (Å²) < 4.78 is 0. The van der Waals surface area contributed by atoms with E-state index in [1.807, 2.05) is 0 Å². The quantitative estimate of drug-likeness (QED) is 0.636. The molecule has 30 heavy (non-hydrogen) atoms. The van der Waals surface area contributed by atoms with Crippen LogP contribution in [0, 0.1) is 22.7 Å². The van der Waals surface area contributed by atoms with E-state index in [0.29, 0.717) is 0 Å². The van der Waals surface area contributed by atoms with Crippen LogP contribution in [0.4, 0.5) is 0 Å². The topological polar surface area (TPSA) is 40.5 Å². The van der Waals surface area contributed by atoms with Crippen molar-refractivity contribution in [3.05, 3.63) is 70.8 Å². The Morgan fingerprint density at radius 1 is 0.600 bits per heavy atom. The number of hydrogen-bond donors (Lipinski definition) is 2. The summed E-state index contributed by atoms with van der Waals surface area (Å²) in [5, 5.41) is 23.6. The Bertz CT molecular complexity index is 826. The molecule has 2 aromatic carbocycles. The molecule has 0 aromatic heterocycles. The third-order valence-electron chi connectivity index (χ3n) is 7.88. The first-order chi connectivity index (χ1) is 14.0. The fourth-order valence-corrected chi connectivity index (χ4v) is 6.12. The van der Waals surface area contributed by atoms with Gasteiger partial charge < -0.3 is 10.2 Å². The van der Waals surface area contributed by atoms with Crippen molar-refractivity contribution in [2.24, 2.45) is 22.7 Å². The second-order valence-electron chi connectivity index (χ2n) is 11.8. The van der Waals surface area contributed by atoms with E-state index < -0.39 is 12.2 Å². The Morgan fingerprint density at radius 3 is 1.27 bits per heavy atom. The van der Waals surface area contributed by atoms with Crippen molar-refractivity contribution in [3.8, 4) is 0 Å². The van der Waals surface area contributed by atoms with Crippen LogP contribution in [0.5, 0.6) is 0 Å². The largest absolute Gasteiger partial charge is 0.392 e. The van der Waals surface area contributed by atoms with Gasteiger partial charge in [-0.25, -0.2) is 0 Å². The van der Waals surface area contributed by atoms with E-state index in [0.717, 1.165) is 12.8 Å². The van der Waals surface area contributed by atoms with Crippen molar-refractivity contribution < 1.29 is 10.2 Å². The monoisotopic (exact) mass is 406 g/mol. The van der Waals surface area contributed by atoms with Crippen LogP contribution in [0.1, 0.15) is 75.6 Å². The lowest BCUT2D eigenvalue weighted by Crippen LogP contribution is -2.49. The first-order valence-electron chi connectivity index (χ1n) is 11.5. The van der Waals surface area contributed by atoms with Gasteiger partial charge in [0.05, 0.1) is 12.2 Å². The van der Waals surface area contributed by atoms with E-state index in [4.69, 9.17) is 0 Å². The average Bonchev–Trinajstić information content (AvgIpc) is 2.66. The smallest absolute Gasteiger partial charge is 0.0652 e. The van der Waals surface area contributed by atoms with Gasteiger partial charge in [-0.3, -0.25) is 0 Å². The average molecular weight is 407 g/mol. The molecule has 0 saturated heterocycles. The molecular formula is C28H38O2. The van der Waals surface area contributed by atoms with Crippen LogP contribution in [0.2, 0.25) is 0 Å². The lowest BCUT2D eigenvalue weighted by atomic mass is 9.56. The molecule has 0 amide bonds. The minimum absolute atomic E-state index is 0.00619. The number of fused-ring (bicyclic) bond motifs is 2. The molecule has 6 atom stereocenters. The molecule has 6 unspecified atom stereocenters. The van der Waals surface area contributed by atoms with Gasteiger partial charge in [-0.05, 0) is 57.8 Å². The molecule has 0 fully saturated rings. The minimum atomic E-state index is -0.480. The molecule has 0 bridgehead atoms. The predicted octanol–water partition coefficient (Wildman–Crippen LogP) is 5.71. The molecule has 0 aliphatic heterocycles. The molecule has 2 N–H and O–H groups in total. The van der Waals surface area contributed by atoms with Gasteiger partial charge in [0.25, 0.3) is 0 Å². The minimum Gasteiger partial charge on any atom is -0.392 e. The number of hydrogen-bond acceptors (Lipinski definition) is 2. The fourth-order valence-electron chi connectivity index (χ4n) is 6.12. The predicted molar refractivity (Wildman–Crippen MR) is 124 cm³/mol. The van der Waals surface area contributed by atoms with E-state index in [1.165, 1.54) is 22.3 Å². The summed E-state index contributed by atoms with van der Waals surface area (Å²) in [6, 6.07) is 17.2. The number of aliphatic hydroxyl groups excluding tert-OH is 2. The maximum atomic E-state index is 11.8. The molecule has 2 aromatic rings. The first kappa shape index (κ1) is 21.6. The third kappa shape index (κ3) is 3.63. The van der Waals surface area contributed by atoms with Crippen molar-refractivity contribution in [2.45, 2.75) is 78.4 Å². The van der Waals surface area contributed by atoms with Crippen LogP contribution >= 0.6 is 0 Å². The summed E-state index contributed by atoms with van der Waals surface area (Å²) >= 11 is 0. The van der Waals surface area contributed by atoms with Gasteiger partial charge in [-0.2, -0.15) is 0 Å². The second-order valence-corrected chi connectivity index (χ2v) is 11.8. The maximum absolute atomic E-state index is 11.8. The second kappa shape index (κ2) is 7.50. The zero-order valence-electron chi connectivity index (χ0n) is 19.4. The van der Waals surface area contributed by atoms with Crippen LogP contribution in [0.15, 0.2) is 48.5 Å². The van der Waals surface area contributed by atoms with E-state index in [9.17, 15) is 10.2 Å². The van der Waals surface area contributed by atoms with Gasteiger partial charge in [-0.15, -0.1) is 0 Å². The zero-order chi connectivity index (χ0) is 21.8. The van der Waals surface area contributed by atoms with Gasteiger partial charge in [0, 0.05) is 11.8 Å². The molecule has 2 aliphatic carbocycles. The molecule has 0 spiro atoms. The lowest BCUT2D eigenvalue weighted by molar-refractivity contribution is -0.0394. The van der Waals surface area contributed by atoms with Gasteiger partial charge in [0.1, 0.15) is 0 Å². The molecule has 2 nitrogen and oxygen atoms in total. The molecular weight excluding hydrogens is 368 g/mol. The van der Waals surface area contributed by atoms with Crippen LogP contribution in [-0.2, 0) is 12.8 Å². The molecule has 0 heterocycles. The fraction of sp³-hybridized carbons (Fsp3) is 0.571. The van der Waals surface area contributed by atoms with Crippen LogP contribution < -0.4 is 0 Å². The highest BCUT2D eigenvalue weighted by atomic mass is 16.3. The highest BCUT2D eigenvalue weighted by Gasteiger charge is 2.50. The van der Waals surface area contributed by atoms with Crippen molar-refractivity contribution in [1.82, 2.24) is 0 Å². The lowest BCUT2D eigenvalue weighted by Gasteiger charge is -2.51. The van der Waals surface area contributed by atoms with Gasteiger partial charge >= 0.3 is 0 Å². The normalized spacial score (nSPS) is 31.7. The molecule has 2 heteroatoms. The van der Waals surface area contributed by atoms with Gasteiger partial charge in [0.2, 0.25) is 0 Å². The van der Waals surface area contributed by atoms with Crippen LogP contribution in [0.25, 0.3) is 0 Å². The highest BCUT2D eigenvalue weighted by molar-refractivity contribution is 5.43. The van der Waals surface area contributed by atoms with E-state index in [1.54, 1.807) is 0 Å². The molecule has 2 aliphatic rings. The van der Waals surface area contributed by atoms with Crippen molar-refractivity contribution in [1.29, 1.82) is 0 Å². The summed E-state index contributed by atoms with van der Waals surface area (Å²) in [6.07, 6.45) is 0.826. The Labute approximate surface area is 182 Å². The van der Waals surface area contributed by atoms with Crippen LogP contribution in [0.3, 0.4) is 0 Å². The first-order valence-corrected chi connectivity index (χ1v) is 11.5. The van der Waals surface area contributed by atoms with E-state index in [2.05, 4.69) is 90.1 Å². The van der Waals surface area contributed by atoms with E-state index in [-0.39, 0.29) is 34.5 Å². The SMILES string of the molecule is CC(C)(C)C1Cc2ccccc2C(C2c3ccccc3CC(C(C)(C)C)C2O)C1O. The van der Waals surface area contributed by atoms with Gasteiger partial charge in [0.15, 0.2) is 0 Å². The zero-order valence-corrected chi connectivity index (χ0v) is 19.4. The Kier molecular flexibility index (Phi) is 5.39. The maximum Gasteiger partial charge on any atom is 0.0652 e. The van der Waals surface area contributed by atoms with Crippen molar-refractivity contribution >= 4 is 0 Å². The third-order valence-corrected chi connectivity index (χ3v) is 7.88. The Morgan fingerprint density at radius 2 is 0.933 bits per heavy atom. The summed E-state index contributed by atoms with van der Waals surface area (Å²) in [5.41, 5.74) is 5.09. The Hall–Kier alpha value is -1.64.